The number of H-pyrrole nitrogens is 1. The molecule has 1 aromatic heterocycles. The number of benzene rings is 2. The summed E-state index contributed by atoms with van der Waals surface area (Å²) >= 11 is 0. The van der Waals surface area contributed by atoms with Crippen molar-refractivity contribution in [3.05, 3.63) is 77.2 Å². The zero-order chi connectivity index (χ0) is 20.6. The lowest BCUT2D eigenvalue weighted by molar-refractivity contribution is 0.0107. The van der Waals surface area contributed by atoms with Crippen LogP contribution in [0.15, 0.2) is 54.6 Å². The molecule has 0 saturated heterocycles. The number of rotatable bonds is 2. The molecule has 3 aromatic rings. The standard InChI is InChI=1S/C24H27N3O2/c1-16-21(17-10-6-5-7-11-17)26-22(25-16)20-14-18-12-8-9-13-19(18)15-27(20)23(28)29-24(2,3)4/h5-13,20H,14-15H2,1-4H3,(H,25,26)/t20-/m0/s1. The molecule has 1 amide bonds. The topological polar surface area (TPSA) is 58.2 Å². The van der Waals surface area contributed by atoms with Gasteiger partial charge in [0.1, 0.15) is 11.4 Å². The van der Waals surface area contributed by atoms with Gasteiger partial charge in [-0.2, -0.15) is 0 Å². The smallest absolute Gasteiger partial charge is 0.411 e. The molecule has 150 valence electrons. The molecule has 0 radical (unpaired) electrons. The fourth-order valence-electron chi connectivity index (χ4n) is 3.80. The Morgan fingerprint density at radius 2 is 1.72 bits per heavy atom. The minimum absolute atomic E-state index is 0.198. The van der Waals surface area contributed by atoms with Gasteiger partial charge in [-0.05, 0) is 38.8 Å². The lowest BCUT2D eigenvalue weighted by Gasteiger charge is -2.36. The predicted octanol–water partition coefficient (Wildman–Crippen LogP) is 5.42. The Labute approximate surface area is 171 Å². The van der Waals surface area contributed by atoms with Crippen molar-refractivity contribution in [3.8, 4) is 11.3 Å². The van der Waals surface area contributed by atoms with E-state index in [0.29, 0.717) is 13.0 Å². The van der Waals surface area contributed by atoms with Crippen LogP contribution in [0, 0.1) is 6.92 Å². The Bertz CT molecular complexity index is 1020. The number of carbonyl (C=O) groups is 1. The summed E-state index contributed by atoms with van der Waals surface area (Å²) in [4.78, 5) is 23.2. The summed E-state index contributed by atoms with van der Waals surface area (Å²) in [7, 11) is 0. The molecule has 0 unspecified atom stereocenters. The first-order valence-corrected chi connectivity index (χ1v) is 10.00. The summed E-state index contributed by atoms with van der Waals surface area (Å²) in [5, 5.41) is 0. The molecular weight excluding hydrogens is 362 g/mol. The number of aromatic amines is 1. The highest BCUT2D eigenvalue weighted by Gasteiger charge is 2.35. The Balaban J connectivity index is 1.72. The van der Waals surface area contributed by atoms with E-state index in [4.69, 9.17) is 9.72 Å². The highest BCUT2D eigenvalue weighted by molar-refractivity contribution is 5.70. The number of carbonyl (C=O) groups excluding carboxylic acids is 1. The third-order valence-corrected chi connectivity index (χ3v) is 5.14. The third kappa shape index (κ3) is 4.04. The van der Waals surface area contributed by atoms with Gasteiger partial charge in [0.15, 0.2) is 0 Å². The van der Waals surface area contributed by atoms with Gasteiger partial charge in [0, 0.05) is 17.7 Å². The Morgan fingerprint density at radius 3 is 2.41 bits per heavy atom. The molecule has 0 fully saturated rings. The van der Waals surface area contributed by atoms with Gasteiger partial charge >= 0.3 is 6.09 Å². The Kier molecular flexibility index (Phi) is 4.91. The van der Waals surface area contributed by atoms with Crippen molar-refractivity contribution < 1.29 is 9.53 Å². The molecule has 1 N–H and O–H groups in total. The van der Waals surface area contributed by atoms with Crippen molar-refractivity contribution >= 4 is 6.09 Å². The lowest BCUT2D eigenvalue weighted by atomic mass is 9.94. The van der Waals surface area contributed by atoms with Gasteiger partial charge in [-0.15, -0.1) is 0 Å². The number of imidazole rings is 1. The number of hydrogen-bond donors (Lipinski definition) is 1. The summed E-state index contributed by atoms with van der Waals surface area (Å²) in [6, 6.07) is 18.2. The molecule has 2 heterocycles. The van der Waals surface area contributed by atoms with Gasteiger partial charge in [-0.25, -0.2) is 9.78 Å². The molecule has 4 rings (SSSR count). The van der Waals surface area contributed by atoms with Crippen LogP contribution >= 0.6 is 0 Å². The Hall–Kier alpha value is -3.08. The second-order valence-corrected chi connectivity index (χ2v) is 8.56. The van der Waals surface area contributed by atoms with Crippen LogP contribution in [0.5, 0.6) is 0 Å². The molecule has 29 heavy (non-hydrogen) atoms. The summed E-state index contributed by atoms with van der Waals surface area (Å²) in [6.07, 6.45) is 0.392. The number of amides is 1. The molecule has 0 saturated carbocycles. The molecule has 1 aliphatic heterocycles. The van der Waals surface area contributed by atoms with Crippen LogP contribution in [-0.4, -0.2) is 26.6 Å². The van der Waals surface area contributed by atoms with E-state index in [2.05, 4.69) is 29.2 Å². The number of aromatic nitrogens is 2. The molecule has 1 atom stereocenters. The van der Waals surface area contributed by atoms with Crippen molar-refractivity contribution in [1.29, 1.82) is 0 Å². The van der Waals surface area contributed by atoms with Crippen molar-refractivity contribution in [2.45, 2.75) is 52.3 Å². The van der Waals surface area contributed by atoms with E-state index < -0.39 is 5.60 Å². The van der Waals surface area contributed by atoms with Gasteiger partial charge in [-0.3, -0.25) is 4.90 Å². The SMILES string of the molecule is Cc1[nH]c([C@@H]2Cc3ccccc3CN2C(=O)OC(C)(C)C)nc1-c1ccccc1. The number of hydrogen-bond acceptors (Lipinski definition) is 3. The molecular formula is C24H27N3O2. The fourth-order valence-corrected chi connectivity index (χ4v) is 3.80. The number of fused-ring (bicyclic) bond motifs is 1. The van der Waals surface area contributed by atoms with E-state index >= 15 is 0 Å². The molecule has 2 aromatic carbocycles. The lowest BCUT2D eigenvalue weighted by Crippen LogP contribution is -2.42. The second kappa shape index (κ2) is 7.39. The predicted molar refractivity (Wildman–Crippen MR) is 113 cm³/mol. The van der Waals surface area contributed by atoms with Gasteiger partial charge in [0.25, 0.3) is 0 Å². The first kappa shape index (κ1) is 19.2. The van der Waals surface area contributed by atoms with Crippen LogP contribution in [0.2, 0.25) is 0 Å². The maximum absolute atomic E-state index is 13.0. The van der Waals surface area contributed by atoms with Crippen LogP contribution in [0.4, 0.5) is 4.79 Å². The molecule has 5 heteroatoms. The quantitative estimate of drug-likeness (QED) is 0.637. The highest BCUT2D eigenvalue weighted by Crippen LogP contribution is 2.35. The number of nitrogens with zero attached hydrogens (tertiary/aromatic N) is 2. The van der Waals surface area contributed by atoms with Crippen molar-refractivity contribution in [3.63, 3.8) is 0 Å². The number of ether oxygens (including phenoxy) is 1. The Morgan fingerprint density at radius 1 is 1.07 bits per heavy atom. The molecule has 0 bridgehead atoms. The number of nitrogens with one attached hydrogen (secondary N) is 1. The van der Waals surface area contributed by atoms with Gasteiger partial charge in [-0.1, -0.05) is 54.6 Å². The summed E-state index contributed by atoms with van der Waals surface area (Å²) < 4.78 is 5.71. The van der Waals surface area contributed by atoms with E-state index in [1.54, 1.807) is 4.90 Å². The van der Waals surface area contributed by atoms with E-state index in [1.807, 2.05) is 58.0 Å². The second-order valence-electron chi connectivity index (χ2n) is 8.56. The van der Waals surface area contributed by atoms with Crippen LogP contribution in [-0.2, 0) is 17.7 Å². The van der Waals surface area contributed by atoms with E-state index in [1.165, 1.54) is 5.56 Å². The minimum Gasteiger partial charge on any atom is -0.444 e. The highest BCUT2D eigenvalue weighted by atomic mass is 16.6. The van der Waals surface area contributed by atoms with Crippen molar-refractivity contribution in [1.82, 2.24) is 14.9 Å². The summed E-state index contributed by atoms with van der Waals surface area (Å²) in [6.45, 7) is 8.20. The van der Waals surface area contributed by atoms with Gasteiger partial charge in [0.05, 0.1) is 18.3 Å². The average molecular weight is 389 g/mol. The maximum Gasteiger partial charge on any atom is 0.411 e. The molecule has 0 spiro atoms. The zero-order valence-electron chi connectivity index (χ0n) is 17.4. The largest absolute Gasteiger partial charge is 0.444 e. The maximum atomic E-state index is 13.0. The number of aryl methyl sites for hydroxylation is 1. The van der Waals surface area contributed by atoms with Crippen molar-refractivity contribution in [2.24, 2.45) is 0 Å². The first-order valence-electron chi connectivity index (χ1n) is 10.00. The van der Waals surface area contributed by atoms with Crippen LogP contribution in [0.25, 0.3) is 11.3 Å². The van der Waals surface area contributed by atoms with Gasteiger partial charge < -0.3 is 9.72 Å². The first-order chi connectivity index (χ1) is 13.8. The van der Waals surface area contributed by atoms with E-state index in [9.17, 15) is 4.79 Å². The minimum atomic E-state index is -0.549. The monoisotopic (exact) mass is 389 g/mol. The molecule has 5 nitrogen and oxygen atoms in total. The molecule has 0 aliphatic carbocycles. The normalized spacial score (nSPS) is 16.4. The van der Waals surface area contributed by atoms with E-state index in [-0.39, 0.29) is 12.1 Å². The summed E-state index contributed by atoms with van der Waals surface area (Å²) in [5.74, 6) is 0.793. The third-order valence-electron chi connectivity index (χ3n) is 5.14. The zero-order valence-corrected chi connectivity index (χ0v) is 17.4. The molecule has 1 aliphatic rings. The van der Waals surface area contributed by atoms with Crippen LogP contribution in [0.1, 0.15) is 49.5 Å². The fraction of sp³-hybridized carbons (Fsp3) is 0.333. The van der Waals surface area contributed by atoms with Crippen LogP contribution < -0.4 is 0 Å². The summed E-state index contributed by atoms with van der Waals surface area (Å²) in [5.41, 5.74) is 4.83. The van der Waals surface area contributed by atoms with Crippen molar-refractivity contribution in [2.75, 3.05) is 0 Å². The average Bonchev–Trinajstić information content (AvgIpc) is 3.08. The van der Waals surface area contributed by atoms with Gasteiger partial charge in [0.2, 0.25) is 0 Å². The van der Waals surface area contributed by atoms with Crippen LogP contribution in [0.3, 0.4) is 0 Å². The van der Waals surface area contributed by atoms with E-state index in [0.717, 1.165) is 28.3 Å².